The van der Waals surface area contributed by atoms with Gasteiger partial charge in [0.25, 0.3) is 0 Å². The second kappa shape index (κ2) is 11.1. The van der Waals surface area contributed by atoms with Crippen LogP contribution in [0.15, 0.2) is 29.3 Å². The van der Waals surface area contributed by atoms with Gasteiger partial charge in [0.15, 0.2) is 5.96 Å². The van der Waals surface area contributed by atoms with E-state index in [2.05, 4.69) is 65.3 Å². The standard InChI is InChI=1S/C22H36N4O2/c1-6-28-21(27)18-11-13-26(14-12-18)22(23-4)24-15-19-9-7-8-10-20(19)16-25(5)17(2)3/h7-10,17-18H,6,11-16H2,1-5H3,(H,23,24). The van der Waals surface area contributed by atoms with Crippen molar-refractivity contribution in [3.8, 4) is 0 Å². The molecule has 28 heavy (non-hydrogen) atoms. The van der Waals surface area contributed by atoms with Gasteiger partial charge >= 0.3 is 5.97 Å². The van der Waals surface area contributed by atoms with E-state index in [1.54, 1.807) is 0 Å². The number of ether oxygens (including phenoxy) is 1. The Bertz CT molecular complexity index is 652. The zero-order chi connectivity index (χ0) is 20.5. The van der Waals surface area contributed by atoms with Crippen LogP contribution in [-0.2, 0) is 22.6 Å². The molecule has 2 rings (SSSR count). The first-order chi connectivity index (χ1) is 13.5. The summed E-state index contributed by atoms with van der Waals surface area (Å²) in [4.78, 5) is 21.0. The van der Waals surface area contributed by atoms with Gasteiger partial charge in [-0.25, -0.2) is 0 Å². The normalized spacial score (nSPS) is 16.0. The minimum absolute atomic E-state index is 0.0154. The Kier molecular flexibility index (Phi) is 8.77. The van der Waals surface area contributed by atoms with Crippen molar-refractivity contribution in [3.63, 3.8) is 0 Å². The lowest BCUT2D eigenvalue weighted by Gasteiger charge is -2.33. The van der Waals surface area contributed by atoms with Gasteiger partial charge in [-0.2, -0.15) is 0 Å². The first kappa shape index (κ1) is 22.2. The molecule has 0 spiro atoms. The lowest BCUT2D eigenvalue weighted by atomic mass is 9.97. The molecule has 0 aromatic heterocycles. The van der Waals surface area contributed by atoms with E-state index < -0.39 is 0 Å². The van der Waals surface area contributed by atoms with Crippen molar-refractivity contribution in [3.05, 3.63) is 35.4 Å². The van der Waals surface area contributed by atoms with Crippen molar-refractivity contribution >= 4 is 11.9 Å². The van der Waals surface area contributed by atoms with Crippen LogP contribution in [0.5, 0.6) is 0 Å². The van der Waals surface area contributed by atoms with E-state index in [0.29, 0.717) is 12.6 Å². The zero-order valence-electron chi connectivity index (χ0n) is 18.1. The Balaban J connectivity index is 1.92. The summed E-state index contributed by atoms with van der Waals surface area (Å²) in [6, 6.07) is 9.07. The van der Waals surface area contributed by atoms with Gasteiger partial charge in [-0.05, 0) is 51.8 Å². The van der Waals surface area contributed by atoms with Crippen molar-refractivity contribution in [2.45, 2.75) is 52.7 Å². The van der Waals surface area contributed by atoms with Gasteiger partial charge in [-0.15, -0.1) is 0 Å². The summed E-state index contributed by atoms with van der Waals surface area (Å²) in [6.45, 7) is 10.0. The van der Waals surface area contributed by atoms with Crippen LogP contribution in [0.2, 0.25) is 0 Å². The highest BCUT2D eigenvalue weighted by molar-refractivity contribution is 5.80. The lowest BCUT2D eigenvalue weighted by Crippen LogP contribution is -2.46. The molecule has 0 unspecified atom stereocenters. The molecule has 1 aromatic carbocycles. The van der Waals surface area contributed by atoms with Crippen LogP contribution in [0.1, 0.15) is 44.7 Å². The van der Waals surface area contributed by atoms with E-state index in [0.717, 1.165) is 45.0 Å². The number of esters is 1. The van der Waals surface area contributed by atoms with Gasteiger partial charge in [-0.1, -0.05) is 24.3 Å². The fraction of sp³-hybridized carbons (Fsp3) is 0.636. The van der Waals surface area contributed by atoms with Crippen LogP contribution >= 0.6 is 0 Å². The Hall–Kier alpha value is -2.08. The highest BCUT2D eigenvalue weighted by Gasteiger charge is 2.27. The van der Waals surface area contributed by atoms with E-state index in [1.165, 1.54) is 11.1 Å². The topological polar surface area (TPSA) is 57.2 Å². The molecule has 0 amide bonds. The largest absolute Gasteiger partial charge is 0.466 e. The lowest BCUT2D eigenvalue weighted by molar-refractivity contribution is -0.149. The SMILES string of the molecule is CCOC(=O)C1CCN(C(=NC)NCc2ccccc2CN(C)C(C)C)CC1. The molecule has 0 saturated carbocycles. The molecule has 156 valence electrons. The molecule has 0 aliphatic carbocycles. The molecule has 0 atom stereocenters. The Morgan fingerprint density at radius 1 is 1.29 bits per heavy atom. The second-order valence-corrected chi connectivity index (χ2v) is 7.69. The van der Waals surface area contributed by atoms with E-state index in [9.17, 15) is 4.79 Å². The first-order valence-corrected chi connectivity index (χ1v) is 10.4. The van der Waals surface area contributed by atoms with Gasteiger partial charge in [0.05, 0.1) is 12.5 Å². The van der Waals surface area contributed by atoms with Crippen molar-refractivity contribution in [1.82, 2.24) is 15.1 Å². The summed E-state index contributed by atoms with van der Waals surface area (Å²) in [7, 11) is 3.97. The number of carbonyl (C=O) groups is 1. The van der Waals surface area contributed by atoms with Crippen LogP contribution < -0.4 is 5.32 Å². The highest BCUT2D eigenvalue weighted by atomic mass is 16.5. The van der Waals surface area contributed by atoms with Crippen LogP contribution in [0.25, 0.3) is 0 Å². The third-order valence-corrected chi connectivity index (χ3v) is 5.48. The Morgan fingerprint density at radius 3 is 2.50 bits per heavy atom. The molecule has 1 saturated heterocycles. The monoisotopic (exact) mass is 388 g/mol. The number of likely N-dealkylation sites (tertiary alicyclic amines) is 1. The third kappa shape index (κ3) is 6.23. The zero-order valence-corrected chi connectivity index (χ0v) is 18.1. The fourth-order valence-corrected chi connectivity index (χ4v) is 3.43. The minimum atomic E-state index is -0.0618. The summed E-state index contributed by atoms with van der Waals surface area (Å²) < 4.78 is 5.16. The predicted octanol–water partition coefficient (Wildman–Crippen LogP) is 2.88. The molecule has 6 heteroatoms. The maximum absolute atomic E-state index is 11.9. The molecule has 1 fully saturated rings. The van der Waals surface area contributed by atoms with Crippen LogP contribution in [-0.4, -0.2) is 61.6 Å². The maximum atomic E-state index is 11.9. The quantitative estimate of drug-likeness (QED) is 0.442. The van der Waals surface area contributed by atoms with E-state index in [-0.39, 0.29) is 11.9 Å². The summed E-state index contributed by atoms with van der Waals surface area (Å²) in [5, 5.41) is 3.51. The Labute approximate surface area is 170 Å². The molecule has 0 radical (unpaired) electrons. The van der Waals surface area contributed by atoms with Gasteiger partial charge in [0.1, 0.15) is 0 Å². The van der Waals surface area contributed by atoms with Crippen molar-refractivity contribution in [2.75, 3.05) is 33.8 Å². The van der Waals surface area contributed by atoms with Crippen molar-refractivity contribution in [2.24, 2.45) is 10.9 Å². The minimum Gasteiger partial charge on any atom is -0.466 e. The highest BCUT2D eigenvalue weighted by Crippen LogP contribution is 2.19. The number of nitrogens with zero attached hydrogens (tertiary/aromatic N) is 3. The number of benzene rings is 1. The average Bonchev–Trinajstić information content (AvgIpc) is 2.70. The van der Waals surface area contributed by atoms with Gasteiger partial charge < -0.3 is 15.0 Å². The second-order valence-electron chi connectivity index (χ2n) is 7.69. The number of hydrogen-bond donors (Lipinski definition) is 1. The number of nitrogens with one attached hydrogen (secondary N) is 1. The predicted molar refractivity (Wildman–Crippen MR) is 114 cm³/mol. The summed E-state index contributed by atoms with van der Waals surface area (Å²) >= 11 is 0. The van der Waals surface area contributed by atoms with Crippen LogP contribution in [0.3, 0.4) is 0 Å². The molecule has 1 aromatic rings. The smallest absolute Gasteiger partial charge is 0.309 e. The molecular weight excluding hydrogens is 352 g/mol. The molecule has 6 nitrogen and oxygen atoms in total. The number of aliphatic imine (C=N–C) groups is 1. The molecule has 1 aliphatic heterocycles. The van der Waals surface area contributed by atoms with E-state index in [1.807, 2.05) is 14.0 Å². The Morgan fingerprint density at radius 2 is 1.93 bits per heavy atom. The fourth-order valence-electron chi connectivity index (χ4n) is 3.43. The van der Waals surface area contributed by atoms with Gasteiger partial charge in [0, 0.05) is 39.3 Å². The van der Waals surface area contributed by atoms with Crippen LogP contribution in [0.4, 0.5) is 0 Å². The van der Waals surface area contributed by atoms with E-state index >= 15 is 0 Å². The summed E-state index contributed by atoms with van der Waals surface area (Å²) in [5.74, 6) is 0.851. The number of hydrogen-bond acceptors (Lipinski definition) is 4. The van der Waals surface area contributed by atoms with E-state index in [4.69, 9.17) is 4.74 Å². The third-order valence-electron chi connectivity index (χ3n) is 5.48. The molecular formula is C22H36N4O2. The number of rotatable bonds is 7. The maximum Gasteiger partial charge on any atom is 0.309 e. The van der Waals surface area contributed by atoms with Crippen molar-refractivity contribution < 1.29 is 9.53 Å². The van der Waals surface area contributed by atoms with Crippen LogP contribution in [0, 0.1) is 5.92 Å². The first-order valence-electron chi connectivity index (χ1n) is 10.4. The van der Waals surface area contributed by atoms with Gasteiger partial charge in [0.2, 0.25) is 0 Å². The number of piperidine rings is 1. The van der Waals surface area contributed by atoms with Gasteiger partial charge in [-0.3, -0.25) is 14.7 Å². The molecule has 1 N–H and O–H groups in total. The molecule has 0 bridgehead atoms. The molecule has 1 heterocycles. The number of guanidine groups is 1. The average molecular weight is 389 g/mol. The number of carbonyl (C=O) groups excluding carboxylic acids is 1. The molecule has 1 aliphatic rings. The summed E-state index contributed by atoms with van der Waals surface area (Å²) in [5.41, 5.74) is 2.63. The van der Waals surface area contributed by atoms with Crippen molar-refractivity contribution in [1.29, 1.82) is 0 Å². The summed E-state index contributed by atoms with van der Waals surface area (Å²) in [6.07, 6.45) is 1.63.